The van der Waals surface area contributed by atoms with Gasteiger partial charge in [0.1, 0.15) is 5.75 Å². The van der Waals surface area contributed by atoms with Crippen LogP contribution in [0.2, 0.25) is 0 Å². The van der Waals surface area contributed by atoms with Gasteiger partial charge in [0.05, 0.1) is 4.92 Å². The van der Waals surface area contributed by atoms with Crippen molar-refractivity contribution in [1.82, 2.24) is 0 Å². The van der Waals surface area contributed by atoms with Gasteiger partial charge in [-0.15, -0.1) is 0 Å². The van der Waals surface area contributed by atoms with Gasteiger partial charge in [-0.3, -0.25) is 14.9 Å². The number of benzene rings is 2. The second kappa shape index (κ2) is 5.83. The van der Waals surface area contributed by atoms with Crippen molar-refractivity contribution in [2.24, 2.45) is 0 Å². The molecule has 0 fully saturated rings. The Morgan fingerprint density at radius 1 is 1.25 bits per heavy atom. The maximum atomic E-state index is 11.0. The number of hydrogen-bond acceptors (Lipinski definition) is 4. The first-order chi connectivity index (χ1) is 9.51. The van der Waals surface area contributed by atoms with Crippen LogP contribution in [0.3, 0.4) is 0 Å². The van der Waals surface area contributed by atoms with E-state index in [1.165, 1.54) is 6.07 Å². The predicted octanol–water partition coefficient (Wildman–Crippen LogP) is 4.27. The van der Waals surface area contributed by atoms with Crippen molar-refractivity contribution in [1.29, 1.82) is 0 Å². The molecule has 0 aliphatic rings. The standard InChI is InChI=1S/C14H10BrNO4/c1-9-2-5-13(16(18)19)14(6-9)20-11-4-3-10(8-17)12(15)7-11/h2-8H,1H3. The van der Waals surface area contributed by atoms with Gasteiger partial charge < -0.3 is 4.74 Å². The predicted molar refractivity (Wildman–Crippen MR) is 77.4 cm³/mol. The molecule has 0 aromatic heterocycles. The third kappa shape index (κ3) is 3.03. The second-order valence-corrected chi connectivity index (χ2v) is 4.99. The van der Waals surface area contributed by atoms with Crippen LogP contribution in [0.4, 0.5) is 5.69 Å². The highest BCUT2D eigenvalue weighted by molar-refractivity contribution is 9.10. The summed E-state index contributed by atoms with van der Waals surface area (Å²) in [5.41, 5.74) is 1.23. The molecule has 0 aliphatic carbocycles. The van der Waals surface area contributed by atoms with Gasteiger partial charge in [0.15, 0.2) is 6.29 Å². The number of aryl methyl sites for hydroxylation is 1. The number of carbonyl (C=O) groups excluding carboxylic acids is 1. The number of nitro groups is 1. The van der Waals surface area contributed by atoms with E-state index in [4.69, 9.17) is 4.74 Å². The van der Waals surface area contributed by atoms with Crippen molar-refractivity contribution >= 4 is 27.9 Å². The van der Waals surface area contributed by atoms with E-state index < -0.39 is 4.92 Å². The van der Waals surface area contributed by atoms with Gasteiger partial charge in [-0.25, -0.2) is 0 Å². The molecule has 2 aromatic rings. The van der Waals surface area contributed by atoms with Crippen molar-refractivity contribution in [3.05, 3.63) is 62.1 Å². The molecule has 0 radical (unpaired) electrons. The number of aldehydes is 1. The van der Waals surface area contributed by atoms with Crippen molar-refractivity contribution in [3.63, 3.8) is 0 Å². The highest BCUT2D eigenvalue weighted by Gasteiger charge is 2.16. The third-order valence-corrected chi connectivity index (χ3v) is 3.33. The van der Waals surface area contributed by atoms with Gasteiger partial charge in [0.25, 0.3) is 0 Å². The molecule has 102 valence electrons. The maximum Gasteiger partial charge on any atom is 0.311 e. The van der Waals surface area contributed by atoms with Crippen LogP contribution in [-0.2, 0) is 0 Å². The summed E-state index contributed by atoms with van der Waals surface area (Å²) in [5.74, 6) is 0.580. The molecule has 0 aliphatic heterocycles. The second-order valence-electron chi connectivity index (χ2n) is 4.13. The number of rotatable bonds is 4. The summed E-state index contributed by atoms with van der Waals surface area (Å²) >= 11 is 3.24. The largest absolute Gasteiger partial charge is 0.450 e. The lowest BCUT2D eigenvalue weighted by Gasteiger charge is -2.08. The van der Waals surface area contributed by atoms with Crippen LogP contribution in [0.1, 0.15) is 15.9 Å². The Bertz CT molecular complexity index is 685. The lowest BCUT2D eigenvalue weighted by atomic mass is 10.2. The van der Waals surface area contributed by atoms with Crippen molar-refractivity contribution in [2.75, 3.05) is 0 Å². The first-order valence-corrected chi connectivity index (χ1v) is 6.48. The van der Waals surface area contributed by atoms with Crippen LogP contribution >= 0.6 is 15.9 Å². The van der Waals surface area contributed by atoms with E-state index in [0.29, 0.717) is 22.1 Å². The van der Waals surface area contributed by atoms with E-state index >= 15 is 0 Å². The Hall–Kier alpha value is -2.21. The Labute approximate surface area is 123 Å². The van der Waals surface area contributed by atoms with Gasteiger partial charge in [0, 0.05) is 16.1 Å². The van der Waals surface area contributed by atoms with Crippen LogP contribution < -0.4 is 4.74 Å². The fourth-order valence-corrected chi connectivity index (χ4v) is 2.10. The quantitative estimate of drug-likeness (QED) is 0.475. The molecule has 0 bridgehead atoms. The molecule has 2 aromatic carbocycles. The lowest BCUT2D eigenvalue weighted by molar-refractivity contribution is -0.385. The number of ether oxygens (including phenoxy) is 1. The summed E-state index contributed by atoms with van der Waals surface area (Å²) in [5, 5.41) is 11.0. The summed E-state index contributed by atoms with van der Waals surface area (Å²) in [6.07, 6.45) is 0.711. The fraction of sp³-hybridized carbons (Fsp3) is 0.0714. The number of nitrogens with zero attached hydrogens (tertiary/aromatic N) is 1. The Morgan fingerprint density at radius 2 is 2.00 bits per heavy atom. The molecular formula is C14H10BrNO4. The topological polar surface area (TPSA) is 69.4 Å². The maximum absolute atomic E-state index is 11.0. The van der Waals surface area contributed by atoms with E-state index in [2.05, 4.69) is 15.9 Å². The molecule has 0 saturated heterocycles. The smallest absolute Gasteiger partial charge is 0.311 e. The summed E-state index contributed by atoms with van der Waals surface area (Å²) in [4.78, 5) is 21.2. The Kier molecular flexibility index (Phi) is 4.14. The average molecular weight is 336 g/mol. The number of hydrogen-bond donors (Lipinski definition) is 0. The minimum Gasteiger partial charge on any atom is -0.450 e. The van der Waals surface area contributed by atoms with E-state index in [1.807, 2.05) is 6.92 Å². The first-order valence-electron chi connectivity index (χ1n) is 5.69. The van der Waals surface area contributed by atoms with Crippen LogP contribution in [0.15, 0.2) is 40.9 Å². The highest BCUT2D eigenvalue weighted by atomic mass is 79.9. The van der Waals surface area contributed by atoms with Crippen LogP contribution in [0, 0.1) is 17.0 Å². The Balaban J connectivity index is 2.39. The molecule has 0 spiro atoms. The molecule has 0 saturated carbocycles. The van der Waals surface area contributed by atoms with E-state index in [1.54, 1.807) is 30.3 Å². The molecular weight excluding hydrogens is 326 g/mol. The lowest BCUT2D eigenvalue weighted by Crippen LogP contribution is -1.94. The van der Waals surface area contributed by atoms with Crippen molar-refractivity contribution in [3.8, 4) is 11.5 Å². The average Bonchev–Trinajstić information content (AvgIpc) is 2.38. The molecule has 2 rings (SSSR count). The zero-order valence-electron chi connectivity index (χ0n) is 10.5. The Morgan fingerprint density at radius 3 is 2.60 bits per heavy atom. The normalized spacial score (nSPS) is 10.1. The van der Waals surface area contributed by atoms with Crippen LogP contribution in [0.5, 0.6) is 11.5 Å². The molecule has 6 heteroatoms. The molecule has 0 unspecified atom stereocenters. The molecule has 0 N–H and O–H groups in total. The minimum atomic E-state index is -0.496. The molecule has 0 atom stereocenters. The molecule has 0 heterocycles. The molecule has 0 amide bonds. The monoisotopic (exact) mass is 335 g/mol. The number of halogens is 1. The van der Waals surface area contributed by atoms with E-state index in [0.717, 1.165) is 5.56 Å². The zero-order valence-corrected chi connectivity index (χ0v) is 12.1. The van der Waals surface area contributed by atoms with Crippen molar-refractivity contribution in [2.45, 2.75) is 6.92 Å². The SMILES string of the molecule is Cc1ccc([N+](=O)[O-])c(Oc2ccc(C=O)c(Br)c2)c1. The van der Waals surface area contributed by atoms with Gasteiger partial charge in [-0.1, -0.05) is 6.07 Å². The van der Waals surface area contributed by atoms with Gasteiger partial charge >= 0.3 is 5.69 Å². The first kappa shape index (κ1) is 14.2. The van der Waals surface area contributed by atoms with Gasteiger partial charge in [-0.05, 0) is 52.7 Å². The van der Waals surface area contributed by atoms with Gasteiger partial charge in [-0.2, -0.15) is 0 Å². The fourth-order valence-electron chi connectivity index (χ4n) is 1.65. The van der Waals surface area contributed by atoms with Crippen molar-refractivity contribution < 1.29 is 14.5 Å². The molecule has 5 nitrogen and oxygen atoms in total. The van der Waals surface area contributed by atoms with Crippen LogP contribution in [0.25, 0.3) is 0 Å². The number of nitro benzene ring substituents is 1. The van der Waals surface area contributed by atoms with Crippen LogP contribution in [-0.4, -0.2) is 11.2 Å². The van der Waals surface area contributed by atoms with Gasteiger partial charge in [0.2, 0.25) is 5.75 Å². The van der Waals surface area contributed by atoms with E-state index in [9.17, 15) is 14.9 Å². The summed E-state index contributed by atoms with van der Waals surface area (Å²) in [6, 6.07) is 9.40. The number of carbonyl (C=O) groups is 1. The highest BCUT2D eigenvalue weighted by Crippen LogP contribution is 2.33. The summed E-state index contributed by atoms with van der Waals surface area (Å²) < 4.78 is 6.11. The summed E-state index contributed by atoms with van der Waals surface area (Å²) in [7, 11) is 0. The van der Waals surface area contributed by atoms with E-state index in [-0.39, 0.29) is 11.4 Å². The summed E-state index contributed by atoms with van der Waals surface area (Å²) in [6.45, 7) is 1.82. The third-order valence-electron chi connectivity index (χ3n) is 2.64. The zero-order chi connectivity index (χ0) is 14.7. The molecule has 20 heavy (non-hydrogen) atoms. The minimum absolute atomic E-state index is 0.105.